The van der Waals surface area contributed by atoms with Gasteiger partial charge in [-0.25, -0.2) is 9.78 Å². The number of hydrogen-bond donors (Lipinski definition) is 2. The molecule has 4 rings (SSSR count). The van der Waals surface area contributed by atoms with Gasteiger partial charge in [0, 0.05) is 17.7 Å². The second-order valence-corrected chi connectivity index (χ2v) is 8.92. The van der Waals surface area contributed by atoms with Crippen LogP contribution in [-0.2, 0) is 10.9 Å². The highest BCUT2D eigenvalue weighted by Crippen LogP contribution is 2.46. The van der Waals surface area contributed by atoms with Gasteiger partial charge in [0.15, 0.2) is 5.69 Å². The van der Waals surface area contributed by atoms with Crippen molar-refractivity contribution in [1.29, 1.82) is 0 Å². The molecule has 6 nitrogen and oxygen atoms in total. The summed E-state index contributed by atoms with van der Waals surface area (Å²) in [5, 5.41) is 21.7. The van der Waals surface area contributed by atoms with E-state index < -0.39 is 23.8 Å². The quantitative estimate of drug-likeness (QED) is 0.689. The van der Waals surface area contributed by atoms with Gasteiger partial charge in [0.05, 0.1) is 24.4 Å². The maximum atomic E-state index is 12.9. The minimum atomic E-state index is -4.41. The smallest absolute Gasteiger partial charge is 0.416 e. The average molecular weight is 457 g/mol. The molecule has 1 aromatic heterocycles. The molecule has 0 radical (unpaired) electrons. The fourth-order valence-electron chi connectivity index (χ4n) is 4.51. The highest BCUT2D eigenvalue weighted by atomic mass is 32.1. The number of halogens is 3. The van der Waals surface area contributed by atoms with Gasteiger partial charge in [-0.05, 0) is 49.4 Å². The van der Waals surface area contributed by atoms with Crippen LogP contribution in [0.15, 0.2) is 23.6 Å². The van der Waals surface area contributed by atoms with E-state index in [0.717, 1.165) is 12.5 Å². The van der Waals surface area contributed by atoms with Crippen LogP contribution < -0.4 is 4.74 Å². The first-order chi connectivity index (χ1) is 14.6. The predicted octanol–water partition coefficient (Wildman–Crippen LogP) is 4.46. The molecular weight excluding hydrogens is 435 g/mol. The first-order valence-corrected chi connectivity index (χ1v) is 10.8. The maximum absolute atomic E-state index is 12.9. The Kier molecular flexibility index (Phi) is 5.97. The molecule has 10 heteroatoms. The molecule has 1 saturated heterocycles. The monoisotopic (exact) mass is 457 g/mol. The number of carboxylic acid groups (broad SMARTS) is 1. The third-order valence-electron chi connectivity index (χ3n) is 6.06. The normalized spacial score (nSPS) is 28.4. The molecule has 31 heavy (non-hydrogen) atoms. The number of aliphatic hydroxyl groups excluding tert-OH is 1. The summed E-state index contributed by atoms with van der Waals surface area (Å²) < 4.78 is 50.6. The molecule has 0 bridgehead atoms. The van der Waals surface area contributed by atoms with Crippen LogP contribution in [0.25, 0.3) is 0 Å². The van der Waals surface area contributed by atoms with Crippen molar-refractivity contribution in [1.82, 2.24) is 4.98 Å². The van der Waals surface area contributed by atoms with Gasteiger partial charge in [-0.3, -0.25) is 0 Å². The van der Waals surface area contributed by atoms with Gasteiger partial charge in [0.2, 0.25) is 0 Å². The van der Waals surface area contributed by atoms with Crippen LogP contribution >= 0.6 is 11.3 Å². The standard InChI is InChI=1S/C21H22F3NO5S/c1-10-6-11(2-4-14(10)21(22,23)24)29-8-13-12-3-5-17(30-18(12)7-16(13)26)19-25-15(9-31-19)20(27)28/h2,4,6,9,12-13,16-18,26H,3,5,7-8H2,1H3,(H,27,28)/t12-,13-,16-,17-,18+/m1/s1. The molecule has 1 aromatic carbocycles. The topological polar surface area (TPSA) is 88.9 Å². The molecular formula is C21H22F3NO5S. The predicted molar refractivity (Wildman–Crippen MR) is 105 cm³/mol. The van der Waals surface area contributed by atoms with Gasteiger partial charge in [0.25, 0.3) is 0 Å². The van der Waals surface area contributed by atoms with E-state index in [4.69, 9.17) is 14.6 Å². The zero-order valence-corrected chi connectivity index (χ0v) is 17.4. The summed E-state index contributed by atoms with van der Waals surface area (Å²) >= 11 is 1.25. The number of thiazole rings is 1. The summed E-state index contributed by atoms with van der Waals surface area (Å²) in [7, 11) is 0. The summed E-state index contributed by atoms with van der Waals surface area (Å²) in [5.74, 6) is -0.886. The Hall–Kier alpha value is -2.17. The Bertz CT molecular complexity index is 963. The summed E-state index contributed by atoms with van der Waals surface area (Å²) in [6.45, 7) is 1.57. The highest BCUT2D eigenvalue weighted by molar-refractivity contribution is 7.09. The lowest BCUT2D eigenvalue weighted by molar-refractivity contribution is -0.138. The second-order valence-electron chi connectivity index (χ2n) is 8.03. The number of aryl methyl sites for hydroxylation is 1. The van der Waals surface area contributed by atoms with E-state index in [1.54, 1.807) is 0 Å². The van der Waals surface area contributed by atoms with E-state index >= 15 is 0 Å². The molecule has 0 amide bonds. The third kappa shape index (κ3) is 4.56. The van der Waals surface area contributed by atoms with E-state index in [2.05, 4.69) is 4.98 Å². The van der Waals surface area contributed by atoms with Crippen LogP contribution in [0.3, 0.4) is 0 Å². The van der Waals surface area contributed by atoms with Crippen LogP contribution in [0.4, 0.5) is 13.2 Å². The number of benzene rings is 1. The molecule has 5 atom stereocenters. The summed E-state index contributed by atoms with van der Waals surface area (Å²) in [5.41, 5.74) is -0.612. The van der Waals surface area contributed by atoms with E-state index in [0.29, 0.717) is 23.6 Å². The zero-order chi connectivity index (χ0) is 22.3. The molecule has 2 aromatic rings. The van der Waals surface area contributed by atoms with Crippen molar-refractivity contribution >= 4 is 17.3 Å². The SMILES string of the molecule is Cc1cc(OC[C@@H]2[C@H]3CC[C@H](c4nc(C(=O)O)cs4)O[C@H]3C[C@H]2O)ccc1C(F)(F)F. The van der Waals surface area contributed by atoms with Crippen molar-refractivity contribution in [3.05, 3.63) is 45.4 Å². The lowest BCUT2D eigenvalue weighted by atomic mass is 9.87. The number of aromatic carboxylic acids is 1. The first kappa shape index (κ1) is 22.0. The average Bonchev–Trinajstić information content (AvgIpc) is 3.29. The fourth-order valence-corrected chi connectivity index (χ4v) is 5.38. The number of carboxylic acids is 1. The number of aromatic nitrogens is 1. The number of aliphatic hydroxyl groups is 1. The lowest BCUT2D eigenvalue weighted by Crippen LogP contribution is -2.33. The van der Waals surface area contributed by atoms with E-state index in [-0.39, 0.29) is 41.9 Å². The zero-order valence-electron chi connectivity index (χ0n) is 16.6. The van der Waals surface area contributed by atoms with Crippen molar-refractivity contribution in [3.8, 4) is 5.75 Å². The minimum absolute atomic E-state index is 0.00436. The van der Waals surface area contributed by atoms with Crippen LogP contribution in [0.2, 0.25) is 0 Å². The molecule has 168 valence electrons. The van der Waals surface area contributed by atoms with Gasteiger partial charge < -0.3 is 19.7 Å². The number of carbonyl (C=O) groups is 1. The molecule has 1 saturated carbocycles. The van der Waals surface area contributed by atoms with Gasteiger partial charge in [-0.15, -0.1) is 11.3 Å². The van der Waals surface area contributed by atoms with Crippen LogP contribution in [-0.4, -0.2) is 40.0 Å². The number of ether oxygens (including phenoxy) is 2. The van der Waals surface area contributed by atoms with Crippen molar-refractivity contribution in [2.24, 2.45) is 11.8 Å². The summed E-state index contributed by atoms with van der Waals surface area (Å²) in [6, 6.07) is 3.66. The van der Waals surface area contributed by atoms with Crippen molar-refractivity contribution in [2.45, 2.75) is 50.7 Å². The molecule has 2 fully saturated rings. The van der Waals surface area contributed by atoms with E-state index in [1.807, 2.05) is 0 Å². The molecule has 1 aliphatic heterocycles. The largest absolute Gasteiger partial charge is 0.493 e. The van der Waals surface area contributed by atoms with Crippen LogP contribution in [0, 0.1) is 18.8 Å². The van der Waals surface area contributed by atoms with Gasteiger partial charge in [-0.1, -0.05) is 0 Å². The minimum Gasteiger partial charge on any atom is -0.493 e. The number of alkyl halides is 3. The van der Waals surface area contributed by atoms with Crippen molar-refractivity contribution in [2.75, 3.05) is 6.61 Å². The Morgan fingerprint density at radius 1 is 1.35 bits per heavy atom. The maximum Gasteiger partial charge on any atom is 0.416 e. The Labute approximate surface area is 180 Å². The highest BCUT2D eigenvalue weighted by Gasteiger charge is 2.47. The number of hydrogen-bond acceptors (Lipinski definition) is 6. The molecule has 0 spiro atoms. The summed E-state index contributed by atoms with van der Waals surface area (Å²) in [4.78, 5) is 15.2. The third-order valence-corrected chi connectivity index (χ3v) is 7.00. The number of rotatable bonds is 5. The van der Waals surface area contributed by atoms with Crippen molar-refractivity contribution in [3.63, 3.8) is 0 Å². The number of fused-ring (bicyclic) bond motifs is 1. The van der Waals surface area contributed by atoms with Crippen LogP contribution in [0.1, 0.15) is 52.0 Å². The molecule has 2 N–H and O–H groups in total. The fraction of sp³-hybridized carbons (Fsp3) is 0.524. The molecule has 2 heterocycles. The second kappa shape index (κ2) is 8.40. The lowest BCUT2D eigenvalue weighted by Gasteiger charge is -2.33. The van der Waals surface area contributed by atoms with Gasteiger partial charge in [0.1, 0.15) is 16.9 Å². The molecule has 2 aliphatic rings. The van der Waals surface area contributed by atoms with E-state index in [9.17, 15) is 23.1 Å². The van der Waals surface area contributed by atoms with Crippen molar-refractivity contribution < 1.29 is 37.7 Å². The Balaban J connectivity index is 1.38. The summed E-state index contributed by atoms with van der Waals surface area (Å²) in [6.07, 6.45) is -3.72. The molecule has 0 unspecified atom stereocenters. The Morgan fingerprint density at radius 2 is 2.13 bits per heavy atom. The molecule has 1 aliphatic carbocycles. The first-order valence-electron chi connectivity index (χ1n) is 9.96. The van der Waals surface area contributed by atoms with Gasteiger partial charge in [-0.2, -0.15) is 13.2 Å². The Morgan fingerprint density at radius 3 is 2.77 bits per heavy atom. The van der Waals surface area contributed by atoms with Gasteiger partial charge >= 0.3 is 12.1 Å². The van der Waals surface area contributed by atoms with Crippen LogP contribution in [0.5, 0.6) is 5.75 Å². The number of nitrogens with zero attached hydrogens (tertiary/aromatic N) is 1. The van der Waals surface area contributed by atoms with E-state index in [1.165, 1.54) is 35.8 Å².